The first-order valence-electron chi connectivity index (χ1n) is 10.0. The van der Waals surface area contributed by atoms with E-state index in [2.05, 4.69) is 15.4 Å². The second kappa shape index (κ2) is 8.42. The highest BCUT2D eigenvalue weighted by Gasteiger charge is 2.19. The highest BCUT2D eigenvalue weighted by molar-refractivity contribution is 5.94. The largest absolute Gasteiger partial charge is 0.454 e. The fourth-order valence-electron chi connectivity index (χ4n) is 3.42. The van der Waals surface area contributed by atoms with Crippen LogP contribution in [0.2, 0.25) is 0 Å². The molecule has 0 saturated heterocycles. The summed E-state index contributed by atoms with van der Waals surface area (Å²) >= 11 is 0. The van der Waals surface area contributed by atoms with E-state index in [4.69, 9.17) is 9.47 Å². The van der Waals surface area contributed by atoms with Crippen molar-refractivity contribution in [2.75, 3.05) is 6.79 Å². The van der Waals surface area contributed by atoms with Crippen LogP contribution >= 0.6 is 0 Å². The number of nitro groups is 1. The number of nitrogens with one attached hydrogen (secondary N) is 1. The van der Waals surface area contributed by atoms with E-state index in [1.165, 1.54) is 16.8 Å². The fourth-order valence-corrected chi connectivity index (χ4v) is 3.42. The normalized spacial score (nSPS) is 11.9. The van der Waals surface area contributed by atoms with Crippen molar-refractivity contribution < 1.29 is 19.2 Å². The molecule has 10 heteroatoms. The van der Waals surface area contributed by atoms with Gasteiger partial charge in [0.2, 0.25) is 6.79 Å². The lowest BCUT2D eigenvalue weighted by Gasteiger charge is -2.08. The van der Waals surface area contributed by atoms with Crippen molar-refractivity contribution in [2.45, 2.75) is 6.54 Å². The number of rotatable bonds is 6. The van der Waals surface area contributed by atoms with Gasteiger partial charge in [-0.1, -0.05) is 12.1 Å². The summed E-state index contributed by atoms with van der Waals surface area (Å²) in [6, 6.07) is 18.4. The predicted octanol–water partition coefficient (Wildman–Crippen LogP) is 3.50. The zero-order valence-corrected chi connectivity index (χ0v) is 17.2. The van der Waals surface area contributed by atoms with Crippen LogP contribution in [0.5, 0.6) is 11.5 Å². The van der Waals surface area contributed by atoms with Crippen molar-refractivity contribution in [3.63, 3.8) is 0 Å². The lowest BCUT2D eigenvalue weighted by Crippen LogP contribution is -2.25. The first-order chi connectivity index (χ1) is 16.1. The monoisotopic (exact) mass is 443 g/mol. The second-order valence-corrected chi connectivity index (χ2v) is 7.19. The lowest BCUT2D eigenvalue weighted by molar-refractivity contribution is -0.384. The summed E-state index contributed by atoms with van der Waals surface area (Å²) in [7, 11) is 0. The van der Waals surface area contributed by atoms with Crippen LogP contribution in [0.25, 0.3) is 17.1 Å². The van der Waals surface area contributed by atoms with E-state index in [1.54, 1.807) is 48.7 Å². The number of pyridine rings is 1. The van der Waals surface area contributed by atoms with Gasteiger partial charge in [0, 0.05) is 30.4 Å². The molecule has 4 aromatic rings. The maximum atomic E-state index is 13.1. The molecule has 1 aliphatic heterocycles. The number of nitrogens with zero attached hydrogens (tertiary/aromatic N) is 4. The molecule has 5 rings (SSSR count). The molecule has 2 aromatic carbocycles. The van der Waals surface area contributed by atoms with Gasteiger partial charge in [0.15, 0.2) is 17.3 Å². The van der Waals surface area contributed by atoms with E-state index >= 15 is 0 Å². The Hall–Kier alpha value is -4.73. The lowest BCUT2D eigenvalue weighted by atomic mass is 10.1. The molecule has 0 bridgehead atoms. The fraction of sp³-hybridized carbons (Fsp3) is 0.0870. The molecule has 0 saturated carbocycles. The topological polar surface area (TPSA) is 121 Å². The first-order valence-corrected chi connectivity index (χ1v) is 10.0. The smallest absolute Gasteiger partial charge is 0.270 e. The molecule has 164 valence electrons. The number of fused-ring (bicyclic) bond motifs is 1. The Bertz CT molecular complexity index is 1340. The molecule has 0 fully saturated rings. The quantitative estimate of drug-likeness (QED) is 0.357. The molecule has 0 spiro atoms. The van der Waals surface area contributed by atoms with Crippen LogP contribution in [0.3, 0.4) is 0 Å². The number of carbonyl (C=O) groups is 1. The summed E-state index contributed by atoms with van der Waals surface area (Å²) in [5, 5.41) is 18.4. The van der Waals surface area contributed by atoms with E-state index in [9.17, 15) is 14.9 Å². The number of aromatic nitrogens is 3. The Morgan fingerprint density at radius 1 is 1.06 bits per heavy atom. The standard InChI is InChI=1S/C23H17N5O5/c29-23(25-13-15-4-9-20-21(11-15)33-14-32-20)19-12-18(16-5-7-17(8-6-16)28(30)31)26-27(19)22-3-1-2-10-24-22/h1-12H,13-14H2,(H,25,29). The number of hydrogen-bond donors (Lipinski definition) is 1. The molecule has 3 heterocycles. The van der Waals surface area contributed by atoms with Crippen LogP contribution in [-0.2, 0) is 6.54 Å². The number of amides is 1. The Morgan fingerprint density at radius 2 is 1.88 bits per heavy atom. The van der Waals surface area contributed by atoms with Gasteiger partial charge in [-0.15, -0.1) is 0 Å². The molecule has 0 atom stereocenters. The third kappa shape index (κ3) is 4.09. The van der Waals surface area contributed by atoms with Gasteiger partial charge >= 0.3 is 0 Å². The van der Waals surface area contributed by atoms with Gasteiger partial charge in [-0.2, -0.15) is 5.10 Å². The van der Waals surface area contributed by atoms with Crippen molar-refractivity contribution in [3.05, 3.63) is 94.3 Å². The maximum Gasteiger partial charge on any atom is 0.270 e. The van der Waals surface area contributed by atoms with Crippen LogP contribution in [0.1, 0.15) is 16.1 Å². The van der Waals surface area contributed by atoms with Crippen LogP contribution in [0.4, 0.5) is 5.69 Å². The van der Waals surface area contributed by atoms with Crippen molar-refractivity contribution in [1.82, 2.24) is 20.1 Å². The number of non-ortho nitro benzene ring substituents is 1. The van der Waals surface area contributed by atoms with Crippen molar-refractivity contribution in [1.29, 1.82) is 0 Å². The van der Waals surface area contributed by atoms with E-state index in [0.717, 1.165) is 5.56 Å². The summed E-state index contributed by atoms with van der Waals surface area (Å²) in [4.78, 5) is 27.9. The van der Waals surface area contributed by atoms with Gasteiger partial charge in [0.05, 0.1) is 10.6 Å². The maximum absolute atomic E-state index is 13.1. The van der Waals surface area contributed by atoms with Crippen LogP contribution < -0.4 is 14.8 Å². The van der Waals surface area contributed by atoms with Crippen molar-refractivity contribution in [2.24, 2.45) is 0 Å². The van der Waals surface area contributed by atoms with Crippen molar-refractivity contribution in [3.8, 4) is 28.6 Å². The van der Waals surface area contributed by atoms with Gasteiger partial charge < -0.3 is 14.8 Å². The number of hydrogen-bond acceptors (Lipinski definition) is 7. The minimum Gasteiger partial charge on any atom is -0.454 e. The minimum atomic E-state index is -0.467. The average Bonchev–Trinajstić information content (AvgIpc) is 3.50. The number of ether oxygens (including phenoxy) is 2. The summed E-state index contributed by atoms with van der Waals surface area (Å²) in [5.41, 5.74) is 2.24. The van der Waals surface area contributed by atoms with Crippen LogP contribution in [-0.4, -0.2) is 32.4 Å². The summed E-state index contributed by atoms with van der Waals surface area (Å²) < 4.78 is 12.1. The molecule has 10 nitrogen and oxygen atoms in total. The highest BCUT2D eigenvalue weighted by Crippen LogP contribution is 2.32. The van der Waals surface area contributed by atoms with Gasteiger partial charge in [0.25, 0.3) is 11.6 Å². The Labute approximate surface area is 187 Å². The molecule has 1 aliphatic rings. The number of carbonyl (C=O) groups excluding carboxylic acids is 1. The third-order valence-corrected chi connectivity index (χ3v) is 5.07. The van der Waals surface area contributed by atoms with E-state index < -0.39 is 4.92 Å². The van der Waals surface area contributed by atoms with Crippen LogP contribution in [0.15, 0.2) is 72.9 Å². The predicted molar refractivity (Wildman–Crippen MR) is 117 cm³/mol. The first kappa shape index (κ1) is 20.2. The minimum absolute atomic E-state index is 0.0235. The molecule has 0 aliphatic carbocycles. The zero-order chi connectivity index (χ0) is 22.8. The molecule has 0 radical (unpaired) electrons. The summed E-state index contributed by atoms with van der Waals surface area (Å²) in [6.07, 6.45) is 1.61. The Morgan fingerprint density at radius 3 is 2.64 bits per heavy atom. The van der Waals surface area contributed by atoms with Gasteiger partial charge in [0.1, 0.15) is 5.69 Å². The van der Waals surface area contributed by atoms with Crippen molar-refractivity contribution >= 4 is 11.6 Å². The molecule has 33 heavy (non-hydrogen) atoms. The third-order valence-electron chi connectivity index (χ3n) is 5.07. The molecule has 2 aromatic heterocycles. The summed E-state index contributed by atoms with van der Waals surface area (Å²) in [5.74, 6) is 1.43. The molecule has 1 N–H and O–H groups in total. The SMILES string of the molecule is O=C(NCc1ccc2c(c1)OCO2)c1cc(-c2ccc([N+](=O)[O-])cc2)nn1-c1ccccn1. The van der Waals surface area contributed by atoms with E-state index in [0.29, 0.717) is 28.6 Å². The summed E-state index contributed by atoms with van der Waals surface area (Å²) in [6.45, 7) is 0.454. The zero-order valence-electron chi connectivity index (χ0n) is 17.2. The van der Waals surface area contributed by atoms with E-state index in [-0.39, 0.29) is 30.6 Å². The molecular weight excluding hydrogens is 426 g/mol. The van der Waals surface area contributed by atoms with Crippen LogP contribution in [0, 0.1) is 10.1 Å². The molecule has 1 amide bonds. The molecular formula is C23H17N5O5. The van der Waals surface area contributed by atoms with E-state index in [1.807, 2.05) is 12.1 Å². The highest BCUT2D eigenvalue weighted by atomic mass is 16.7. The number of benzene rings is 2. The number of nitro benzene ring substituents is 1. The Balaban J connectivity index is 1.43. The van der Waals surface area contributed by atoms with Gasteiger partial charge in [-0.05, 0) is 48.0 Å². The second-order valence-electron chi connectivity index (χ2n) is 7.19. The average molecular weight is 443 g/mol. The van der Waals surface area contributed by atoms with Gasteiger partial charge in [-0.3, -0.25) is 14.9 Å². The molecule has 0 unspecified atom stereocenters. The Kier molecular flexibility index (Phi) is 5.15. The van der Waals surface area contributed by atoms with Gasteiger partial charge in [-0.25, -0.2) is 9.67 Å².